The molecule has 8 nitrogen and oxygen atoms in total. The molecule has 0 radical (unpaired) electrons. The zero-order valence-corrected chi connectivity index (χ0v) is 18.7. The topological polar surface area (TPSA) is 100 Å². The van der Waals surface area contributed by atoms with E-state index >= 15 is 0 Å². The number of fused-ring (bicyclic) bond motifs is 1. The van der Waals surface area contributed by atoms with Gasteiger partial charge in [0.05, 0.1) is 22.6 Å². The van der Waals surface area contributed by atoms with Gasteiger partial charge in [-0.15, -0.1) is 0 Å². The predicted molar refractivity (Wildman–Crippen MR) is 118 cm³/mol. The van der Waals surface area contributed by atoms with Gasteiger partial charge in [-0.2, -0.15) is 0 Å². The number of benzene rings is 1. The summed E-state index contributed by atoms with van der Waals surface area (Å²) >= 11 is 0. The summed E-state index contributed by atoms with van der Waals surface area (Å²) in [5, 5.41) is 5.89. The van der Waals surface area contributed by atoms with Crippen LogP contribution in [0.3, 0.4) is 0 Å². The van der Waals surface area contributed by atoms with E-state index in [1.54, 1.807) is 27.9 Å². The molecule has 0 saturated heterocycles. The summed E-state index contributed by atoms with van der Waals surface area (Å²) in [5.41, 5.74) is -0.357. The van der Waals surface area contributed by atoms with Crippen LogP contribution in [0.1, 0.15) is 53.6 Å². The van der Waals surface area contributed by atoms with E-state index in [0.717, 1.165) is 6.07 Å². The summed E-state index contributed by atoms with van der Waals surface area (Å²) in [5.74, 6) is -1.22. The number of halogens is 3. The number of pyridine rings is 1. The molecule has 3 rings (SSSR count). The number of hydrogen-bond donors (Lipinski definition) is 2. The third-order valence-corrected chi connectivity index (χ3v) is 4.84. The minimum absolute atomic E-state index is 0.0321. The molecule has 2 aromatic heterocycles. The Kier molecular flexibility index (Phi) is 6.80. The smallest absolute Gasteiger partial charge is 0.266 e. The van der Waals surface area contributed by atoms with Crippen molar-refractivity contribution >= 4 is 34.5 Å². The first kappa shape index (κ1) is 23.9. The Labute approximate surface area is 188 Å². The highest BCUT2D eigenvalue weighted by molar-refractivity contribution is 6.06. The van der Waals surface area contributed by atoms with Crippen molar-refractivity contribution in [2.24, 2.45) is 0 Å². The molecule has 0 aliphatic carbocycles. The van der Waals surface area contributed by atoms with Crippen molar-refractivity contribution in [2.75, 3.05) is 24.7 Å². The summed E-state index contributed by atoms with van der Waals surface area (Å²) in [6, 6.07) is 4.53. The van der Waals surface area contributed by atoms with Gasteiger partial charge in [0, 0.05) is 26.6 Å². The van der Waals surface area contributed by atoms with E-state index in [1.165, 1.54) is 30.0 Å². The van der Waals surface area contributed by atoms with E-state index in [4.69, 9.17) is 0 Å². The Morgan fingerprint density at radius 2 is 1.73 bits per heavy atom. The van der Waals surface area contributed by atoms with Crippen LogP contribution in [-0.4, -0.2) is 45.8 Å². The summed E-state index contributed by atoms with van der Waals surface area (Å²) in [4.78, 5) is 38.6. The van der Waals surface area contributed by atoms with E-state index in [0.29, 0.717) is 11.2 Å². The molecule has 11 heteroatoms. The first-order chi connectivity index (χ1) is 15.5. The van der Waals surface area contributed by atoms with Gasteiger partial charge in [0.1, 0.15) is 23.3 Å². The van der Waals surface area contributed by atoms with Crippen molar-refractivity contribution in [1.29, 1.82) is 0 Å². The Morgan fingerprint density at radius 3 is 2.33 bits per heavy atom. The number of nitrogens with one attached hydrogen (secondary N) is 2. The normalized spacial score (nSPS) is 12.0. The fourth-order valence-electron chi connectivity index (χ4n) is 3.29. The van der Waals surface area contributed by atoms with Crippen LogP contribution in [0.25, 0.3) is 11.0 Å². The van der Waals surface area contributed by atoms with E-state index in [-0.39, 0.29) is 28.4 Å². The van der Waals surface area contributed by atoms with Crippen molar-refractivity contribution in [2.45, 2.75) is 33.2 Å². The number of alkyl halides is 2. The van der Waals surface area contributed by atoms with Gasteiger partial charge in [-0.25, -0.2) is 28.1 Å². The highest BCUT2D eigenvalue weighted by Gasteiger charge is 2.23. The second-order valence-electron chi connectivity index (χ2n) is 7.67. The highest BCUT2D eigenvalue weighted by Crippen LogP contribution is 2.31. The number of carbonyl (C=O) groups is 2. The molecule has 0 aliphatic rings. The molecule has 0 fully saturated rings. The van der Waals surface area contributed by atoms with Crippen LogP contribution >= 0.6 is 0 Å². The van der Waals surface area contributed by atoms with Crippen molar-refractivity contribution < 1.29 is 22.8 Å². The maximum absolute atomic E-state index is 14.6. The van der Waals surface area contributed by atoms with Crippen molar-refractivity contribution in [1.82, 2.24) is 19.9 Å². The minimum Gasteiger partial charge on any atom is -0.363 e. The molecule has 2 heterocycles. The first-order valence-electron chi connectivity index (χ1n) is 10.0. The van der Waals surface area contributed by atoms with Gasteiger partial charge in [-0.3, -0.25) is 9.59 Å². The van der Waals surface area contributed by atoms with E-state index < -0.39 is 35.7 Å². The fraction of sp³-hybridized carbons (Fsp3) is 0.318. The van der Waals surface area contributed by atoms with Crippen molar-refractivity contribution in [3.8, 4) is 0 Å². The Morgan fingerprint density at radius 1 is 1.06 bits per heavy atom. The SMILES string of the molecule is CC(=O)Nc1nc2nc(C)nc(N[C@H](C)c3cccc(C(F)F)c3F)c2cc1C(=O)N(C)C. The van der Waals surface area contributed by atoms with Gasteiger partial charge >= 0.3 is 0 Å². The monoisotopic (exact) mass is 460 g/mol. The van der Waals surface area contributed by atoms with Crippen LogP contribution < -0.4 is 10.6 Å². The Bertz CT molecular complexity index is 1230. The van der Waals surface area contributed by atoms with Crippen molar-refractivity contribution in [3.63, 3.8) is 0 Å². The molecule has 3 aromatic rings. The average molecular weight is 460 g/mol. The average Bonchev–Trinajstić information content (AvgIpc) is 2.72. The summed E-state index contributed by atoms with van der Waals surface area (Å²) in [6.07, 6.45) is -2.95. The number of nitrogens with zero attached hydrogens (tertiary/aromatic N) is 4. The molecule has 1 atom stereocenters. The zero-order chi connectivity index (χ0) is 24.4. The number of amides is 2. The maximum atomic E-state index is 14.6. The van der Waals surface area contributed by atoms with Gasteiger partial charge in [0.25, 0.3) is 12.3 Å². The molecule has 0 unspecified atom stereocenters. The molecule has 0 saturated carbocycles. The van der Waals surface area contributed by atoms with E-state index in [9.17, 15) is 22.8 Å². The zero-order valence-electron chi connectivity index (χ0n) is 18.7. The number of carbonyl (C=O) groups excluding carboxylic acids is 2. The molecule has 0 bridgehead atoms. The second-order valence-corrected chi connectivity index (χ2v) is 7.67. The van der Waals surface area contributed by atoms with Gasteiger partial charge in [0.15, 0.2) is 5.65 Å². The molecular weight excluding hydrogens is 437 g/mol. The van der Waals surface area contributed by atoms with E-state index in [1.807, 2.05) is 0 Å². The largest absolute Gasteiger partial charge is 0.363 e. The molecule has 0 aliphatic heterocycles. The van der Waals surface area contributed by atoms with Gasteiger partial charge in [-0.1, -0.05) is 18.2 Å². The number of rotatable bonds is 6. The fourth-order valence-corrected chi connectivity index (χ4v) is 3.29. The minimum atomic E-state index is -2.95. The standard InChI is InChI=1S/C22H23F3N6O2/c1-10(13-7-6-8-14(17(13)23)18(24)25)26-19-15-9-16(22(33)31(4)5)21(29-12(3)32)30-20(15)28-11(2)27-19/h6-10,18H,1-5H3,(H2,26,27,28,29,30,32)/t10-/m1/s1. The van der Waals surface area contributed by atoms with Crippen LogP contribution in [0.4, 0.5) is 24.8 Å². The predicted octanol–water partition coefficient (Wildman–Crippen LogP) is 4.24. The van der Waals surface area contributed by atoms with Gasteiger partial charge in [0.2, 0.25) is 5.91 Å². The molecular formula is C22H23F3N6O2. The van der Waals surface area contributed by atoms with Crippen LogP contribution in [-0.2, 0) is 4.79 Å². The number of aryl methyl sites for hydroxylation is 1. The van der Waals surface area contributed by atoms with E-state index in [2.05, 4.69) is 25.6 Å². The summed E-state index contributed by atoms with van der Waals surface area (Å²) < 4.78 is 40.9. The van der Waals surface area contributed by atoms with Gasteiger partial charge in [-0.05, 0) is 19.9 Å². The number of aromatic nitrogens is 3. The van der Waals surface area contributed by atoms with Crippen LogP contribution in [0.5, 0.6) is 0 Å². The highest BCUT2D eigenvalue weighted by atomic mass is 19.3. The molecule has 2 amide bonds. The molecule has 33 heavy (non-hydrogen) atoms. The molecule has 0 spiro atoms. The number of anilines is 2. The Balaban J connectivity index is 2.13. The quantitative estimate of drug-likeness (QED) is 0.571. The van der Waals surface area contributed by atoms with Gasteiger partial charge < -0.3 is 15.5 Å². The lowest BCUT2D eigenvalue weighted by molar-refractivity contribution is -0.114. The lowest BCUT2D eigenvalue weighted by Crippen LogP contribution is -2.24. The lowest BCUT2D eigenvalue weighted by Gasteiger charge is -2.19. The maximum Gasteiger partial charge on any atom is 0.266 e. The Hall–Kier alpha value is -3.76. The first-order valence-corrected chi connectivity index (χ1v) is 10.0. The molecule has 1 aromatic carbocycles. The molecule has 2 N–H and O–H groups in total. The summed E-state index contributed by atoms with van der Waals surface area (Å²) in [7, 11) is 3.10. The lowest BCUT2D eigenvalue weighted by atomic mass is 10.0. The van der Waals surface area contributed by atoms with Crippen LogP contribution in [0.2, 0.25) is 0 Å². The second kappa shape index (κ2) is 9.39. The summed E-state index contributed by atoms with van der Waals surface area (Å²) in [6.45, 7) is 4.51. The van der Waals surface area contributed by atoms with Crippen molar-refractivity contribution in [3.05, 3.63) is 52.6 Å². The third kappa shape index (κ3) is 5.02. The van der Waals surface area contributed by atoms with Crippen LogP contribution in [0.15, 0.2) is 24.3 Å². The third-order valence-electron chi connectivity index (χ3n) is 4.84. The van der Waals surface area contributed by atoms with Crippen LogP contribution in [0, 0.1) is 12.7 Å². The number of hydrogen-bond acceptors (Lipinski definition) is 6. The molecule has 174 valence electrons.